The molecule has 8 aliphatic rings. The molecule has 0 amide bonds. The summed E-state index contributed by atoms with van der Waals surface area (Å²) in [6, 6.07) is 102. The minimum absolute atomic E-state index is 0.0240. The number of hydrogen-bond donors (Lipinski definition) is 0. The van der Waals surface area contributed by atoms with E-state index >= 15 is 0 Å². The highest BCUT2D eigenvalue weighted by molar-refractivity contribution is 7.01. The molecule has 0 bridgehead atoms. The Balaban J connectivity index is 0.717. The highest BCUT2D eigenvalue weighted by Gasteiger charge is 2.54. The normalized spacial score (nSPS) is 17.2. The lowest BCUT2D eigenvalue weighted by atomic mass is 9.35. The predicted molar refractivity (Wildman–Crippen MR) is 580 cm³/mol. The van der Waals surface area contributed by atoms with Crippen molar-refractivity contribution in [2.24, 2.45) is 0 Å². The van der Waals surface area contributed by atoms with E-state index in [1.54, 1.807) is 0 Å². The largest absolute Gasteiger partial charge is 0.468 e. The van der Waals surface area contributed by atoms with Crippen LogP contribution in [0.1, 0.15) is 270 Å². The summed E-state index contributed by atoms with van der Waals surface area (Å²) in [5.41, 5.74) is 52.2. The second-order valence-corrected chi connectivity index (χ2v) is 49.6. The van der Waals surface area contributed by atoms with Gasteiger partial charge in [-0.05, 0) is 348 Å². The van der Waals surface area contributed by atoms with E-state index < -0.39 is 5.41 Å². The van der Waals surface area contributed by atoms with Crippen molar-refractivity contribution >= 4 is 137 Å². The van der Waals surface area contributed by atoms with Crippen molar-refractivity contribution in [2.75, 3.05) is 19.6 Å². The van der Waals surface area contributed by atoms with Gasteiger partial charge >= 0.3 is 0 Å². The van der Waals surface area contributed by atoms with Crippen LogP contribution in [0.25, 0.3) is 77.6 Å². The Hall–Kier alpha value is -12.5. The first-order chi connectivity index (χ1) is 64.2. The molecule has 6 nitrogen and oxygen atoms in total. The van der Waals surface area contributed by atoms with Gasteiger partial charge in [-0.3, -0.25) is 0 Å². The Labute approximate surface area is 807 Å². The summed E-state index contributed by atoms with van der Waals surface area (Å²) < 4.78 is 15.9. The van der Waals surface area contributed by atoms with Crippen LogP contribution in [0, 0.1) is 13.8 Å². The van der Waals surface area contributed by atoms with E-state index in [0.29, 0.717) is 0 Å². The van der Waals surface area contributed by atoms with E-state index in [2.05, 4.69) is 454 Å². The average molecular weight is 1780 g/mol. The van der Waals surface area contributed by atoms with E-state index in [4.69, 9.17) is 8.83 Å². The molecule has 136 heavy (non-hydrogen) atoms. The Morgan fingerprint density at radius 3 is 1.06 bits per heavy atom. The molecule has 0 unspecified atom stereocenters. The first-order valence-corrected chi connectivity index (χ1v) is 50.2. The third kappa shape index (κ3) is 12.6. The van der Waals surface area contributed by atoms with Crippen molar-refractivity contribution in [1.29, 1.82) is 0 Å². The quantitative estimate of drug-likeness (QED) is 0.148. The molecule has 0 radical (unpaired) electrons. The van der Waals surface area contributed by atoms with Crippen molar-refractivity contribution < 1.29 is 8.83 Å². The molecular weight excluding hydrogens is 1650 g/mol. The number of aryl methyl sites for hydroxylation is 2. The maximum atomic E-state index is 8.01. The number of anilines is 12. The molecule has 0 spiro atoms. The first kappa shape index (κ1) is 86.3. The Bertz CT molecular complexity index is 7860. The smallest absolute Gasteiger partial charge is 0.297 e. The third-order valence-electron chi connectivity index (χ3n) is 33.8. The van der Waals surface area contributed by atoms with Gasteiger partial charge in [0.25, 0.3) is 13.4 Å². The van der Waals surface area contributed by atoms with Crippen LogP contribution in [0.3, 0.4) is 0 Å². The summed E-state index contributed by atoms with van der Waals surface area (Å²) in [4.78, 5) is 10.6. The van der Waals surface area contributed by atoms with Crippen molar-refractivity contribution in [3.05, 3.63) is 333 Å². The standard InChI is InChI=1S/C128H128B2N4O2/c1-73-57-107-113-109(59-73)133(103-51-44-81(121(9,10)11)63-86(103)75-33-28-27-29-34-75)106-70-96-90(68-102(106)130(113)118-116(131(107)83-46-40-79(41-47-83)119(3,4)5)92-66-98-100(72-112(92)136-118)126(21,22)56-54-124(98,17)18)88-62-77(39-50-94(88)128(96,25)26)76-35-32-36-78(61-76)87-64-82(122(12,13)14)45-52-104(87)134-105-69-95-89(85-37-30-31-38-93(85)127(95,23)24)67-101(105)129-114-108(58-74(2)60-110(114)134)132(84-48-42-80(43-49-84)120(6,7)8)115-91-65-97-99(71-111(91)135-117(115)129)125(19,20)55-53-123(97,15)16/h27-52,57-72H,53-56H2,1-26H3. The van der Waals surface area contributed by atoms with Crippen LogP contribution in [0.4, 0.5) is 68.2 Å². The molecule has 0 N–H and O–H groups in total. The Morgan fingerprint density at radius 2 is 0.618 bits per heavy atom. The molecular formula is C128H128B2N4O2. The SMILES string of the molecule is Cc1cc2c3c(c1)N(c1ccc(C(C)(C)C)cc1)c1c(oc4cc5c(cc14)C(C)(C)CCC5(C)C)B3c1cc3c(cc1N2c1ccc(C(C)(C)C)cc1-c1cccc(-c2ccc4c(c2)-c2cc5c(cc2C4(C)C)N(c2ccc(C(C)(C)C)cc2-c2ccccc2)c2cc(C)cc4c2B5c2oc5cc6c(cc5c2N4c2ccc(C(C)(C)C)cc2)C(C)(C)CCC6(C)C)c1)C(C)(C)c1ccccc1-3. The van der Waals surface area contributed by atoms with Crippen LogP contribution in [0.2, 0.25) is 0 Å². The fourth-order valence-corrected chi connectivity index (χ4v) is 25.6. The van der Waals surface area contributed by atoms with Crippen LogP contribution in [0.15, 0.2) is 264 Å². The number of benzene rings is 14. The second kappa shape index (κ2) is 28.6. The zero-order valence-corrected chi connectivity index (χ0v) is 84.8. The van der Waals surface area contributed by atoms with Crippen LogP contribution in [-0.2, 0) is 54.1 Å². The maximum Gasteiger partial charge on any atom is 0.297 e. The molecule has 0 saturated carbocycles. The van der Waals surface area contributed by atoms with Crippen molar-refractivity contribution in [3.8, 4) is 55.6 Å². The van der Waals surface area contributed by atoms with Crippen molar-refractivity contribution in [2.45, 2.75) is 260 Å². The zero-order valence-electron chi connectivity index (χ0n) is 84.8. The molecule has 4 aliphatic heterocycles. The Morgan fingerprint density at radius 1 is 0.257 bits per heavy atom. The molecule has 6 heterocycles. The van der Waals surface area contributed by atoms with E-state index in [0.717, 1.165) is 98.8 Å². The summed E-state index contributed by atoms with van der Waals surface area (Å²) in [5, 5.41) is 2.34. The molecule has 0 saturated heterocycles. The lowest BCUT2D eigenvalue weighted by molar-refractivity contribution is 0.332. The predicted octanol–water partition coefficient (Wildman–Crippen LogP) is 31.5. The van der Waals surface area contributed by atoms with E-state index in [9.17, 15) is 0 Å². The maximum absolute atomic E-state index is 8.01. The van der Waals surface area contributed by atoms with Crippen LogP contribution >= 0.6 is 0 Å². The van der Waals surface area contributed by atoms with Gasteiger partial charge in [-0.15, -0.1) is 0 Å². The van der Waals surface area contributed by atoms with Gasteiger partial charge in [-0.1, -0.05) is 300 Å². The second-order valence-electron chi connectivity index (χ2n) is 49.6. The molecule has 24 rings (SSSR count). The summed E-state index contributed by atoms with van der Waals surface area (Å²) in [6.07, 6.45) is 4.45. The summed E-state index contributed by atoms with van der Waals surface area (Å²) in [7, 11) is 0. The van der Waals surface area contributed by atoms with Gasteiger partial charge in [0.05, 0.1) is 34.1 Å². The van der Waals surface area contributed by atoms with Gasteiger partial charge in [0.1, 0.15) is 11.2 Å². The fourth-order valence-electron chi connectivity index (χ4n) is 25.6. The molecule has 678 valence electrons. The molecule has 16 aromatic rings. The monoisotopic (exact) mass is 1780 g/mol. The topological polar surface area (TPSA) is 39.2 Å². The molecule has 0 fully saturated rings. The minimum atomic E-state index is -0.402. The zero-order chi connectivity index (χ0) is 95.0. The molecule has 0 atom stereocenters. The van der Waals surface area contributed by atoms with Gasteiger partial charge in [0.15, 0.2) is 0 Å². The average Bonchev–Trinajstić information content (AvgIpc) is 1.44. The molecule has 8 heteroatoms. The molecule has 14 aromatic carbocycles. The highest BCUT2D eigenvalue weighted by atomic mass is 16.3. The van der Waals surface area contributed by atoms with E-state index in [1.165, 1.54) is 184 Å². The van der Waals surface area contributed by atoms with Gasteiger partial charge in [-0.2, -0.15) is 0 Å². The van der Waals surface area contributed by atoms with Gasteiger partial charge < -0.3 is 28.4 Å². The Kier molecular flexibility index (Phi) is 18.1. The summed E-state index contributed by atoms with van der Waals surface area (Å²) in [6.45, 7) is 61.6. The first-order valence-electron chi connectivity index (χ1n) is 50.2. The number of hydrogen-bond acceptors (Lipinski definition) is 6. The van der Waals surface area contributed by atoms with E-state index in [1.807, 2.05) is 0 Å². The van der Waals surface area contributed by atoms with Gasteiger partial charge in [-0.25, -0.2) is 0 Å². The lowest BCUT2D eigenvalue weighted by Gasteiger charge is -2.44. The van der Waals surface area contributed by atoms with Crippen LogP contribution in [0.5, 0.6) is 0 Å². The van der Waals surface area contributed by atoms with Crippen molar-refractivity contribution in [3.63, 3.8) is 0 Å². The summed E-state index contributed by atoms with van der Waals surface area (Å²) >= 11 is 0. The number of fused-ring (bicyclic) bond motifs is 20. The van der Waals surface area contributed by atoms with Crippen molar-refractivity contribution in [1.82, 2.24) is 0 Å². The lowest BCUT2D eigenvalue weighted by Crippen LogP contribution is -2.61. The molecule has 4 aliphatic carbocycles. The third-order valence-corrected chi connectivity index (χ3v) is 33.8. The minimum Gasteiger partial charge on any atom is -0.468 e. The van der Waals surface area contributed by atoms with Crippen LogP contribution < -0.4 is 52.8 Å². The number of rotatable bonds is 7. The number of furan rings is 2. The van der Waals surface area contributed by atoms with Gasteiger partial charge in [0, 0.05) is 78.2 Å². The number of nitrogens with zero attached hydrogens (tertiary/aromatic N) is 4. The fraction of sp³-hybridized carbons (Fsp3) is 0.312. The van der Waals surface area contributed by atoms with Crippen LogP contribution in [-0.4, -0.2) is 13.4 Å². The summed E-state index contributed by atoms with van der Waals surface area (Å²) in [5.74, 6) is 0. The van der Waals surface area contributed by atoms with E-state index in [-0.39, 0.29) is 62.2 Å². The molecule has 2 aromatic heterocycles. The highest BCUT2D eigenvalue weighted by Crippen LogP contribution is 2.61. The van der Waals surface area contributed by atoms with Gasteiger partial charge in [0.2, 0.25) is 0 Å².